The first-order valence-electron chi connectivity index (χ1n) is 4.08. The molecule has 0 radical (unpaired) electrons. The summed E-state index contributed by atoms with van der Waals surface area (Å²) >= 11 is 0. The van der Waals surface area contributed by atoms with Crippen molar-refractivity contribution in [1.82, 2.24) is 0 Å². The third-order valence-corrected chi connectivity index (χ3v) is 2.28. The van der Waals surface area contributed by atoms with Gasteiger partial charge in [0.2, 0.25) is 0 Å². The van der Waals surface area contributed by atoms with Crippen LogP contribution in [0, 0.1) is 5.92 Å². The van der Waals surface area contributed by atoms with Gasteiger partial charge in [0, 0.05) is 0 Å². The van der Waals surface area contributed by atoms with E-state index in [2.05, 4.69) is 12.7 Å². The summed E-state index contributed by atoms with van der Waals surface area (Å²) in [6.07, 6.45) is 5.82. The Hall–Kier alpha value is -0.560. The molecule has 1 N–H and O–H groups in total. The summed E-state index contributed by atoms with van der Waals surface area (Å²) in [6.45, 7) is 7.78. The van der Waals surface area contributed by atoms with Crippen molar-refractivity contribution in [2.75, 3.05) is 0 Å². The highest BCUT2D eigenvalue weighted by atomic mass is 16.3. The van der Waals surface area contributed by atoms with E-state index in [-0.39, 0.29) is 0 Å². The molecule has 1 aliphatic carbocycles. The minimum Gasteiger partial charge on any atom is -0.386 e. The fourth-order valence-electron chi connectivity index (χ4n) is 1.36. The number of hydrogen-bond acceptors (Lipinski definition) is 1. The molecule has 0 bridgehead atoms. The Morgan fingerprint density at radius 2 is 2.36 bits per heavy atom. The highest BCUT2D eigenvalue weighted by Crippen LogP contribution is 2.28. The molecule has 0 saturated heterocycles. The van der Waals surface area contributed by atoms with Gasteiger partial charge in [-0.05, 0) is 32.6 Å². The molecule has 11 heavy (non-hydrogen) atoms. The van der Waals surface area contributed by atoms with Gasteiger partial charge < -0.3 is 5.11 Å². The smallest absolute Gasteiger partial charge is 0.0800 e. The molecule has 1 aliphatic rings. The maximum absolute atomic E-state index is 9.56. The van der Waals surface area contributed by atoms with Gasteiger partial charge in [-0.2, -0.15) is 0 Å². The normalized spacial score (nSPS) is 37.2. The Balaban J connectivity index is 2.63. The zero-order chi connectivity index (χ0) is 8.48. The third-order valence-electron chi connectivity index (χ3n) is 2.28. The van der Waals surface area contributed by atoms with Gasteiger partial charge in [0.1, 0.15) is 0 Å². The highest BCUT2D eigenvalue weighted by Gasteiger charge is 2.23. The van der Waals surface area contributed by atoms with Gasteiger partial charge in [-0.15, -0.1) is 0 Å². The van der Waals surface area contributed by atoms with E-state index < -0.39 is 5.60 Å². The molecule has 0 aromatic carbocycles. The van der Waals surface area contributed by atoms with E-state index in [9.17, 15) is 5.11 Å². The molecule has 62 valence electrons. The quantitative estimate of drug-likeness (QED) is 0.571. The van der Waals surface area contributed by atoms with E-state index in [4.69, 9.17) is 0 Å². The zero-order valence-electron chi connectivity index (χ0n) is 7.30. The van der Waals surface area contributed by atoms with Crippen molar-refractivity contribution in [2.45, 2.75) is 32.3 Å². The zero-order valence-corrected chi connectivity index (χ0v) is 7.30. The number of rotatable bonds is 1. The van der Waals surface area contributed by atoms with Crippen molar-refractivity contribution in [3.05, 3.63) is 24.3 Å². The average Bonchev–Trinajstić information content (AvgIpc) is 1.86. The van der Waals surface area contributed by atoms with E-state index in [1.807, 2.05) is 19.9 Å². The molecular weight excluding hydrogens is 136 g/mol. The molecule has 0 fully saturated rings. The number of hydrogen-bond donors (Lipinski definition) is 1. The van der Waals surface area contributed by atoms with Crippen LogP contribution in [0.15, 0.2) is 24.3 Å². The molecule has 0 aromatic rings. The molecule has 0 heterocycles. The lowest BCUT2D eigenvalue weighted by molar-refractivity contribution is 0.0903. The Kier molecular flexibility index (Phi) is 2.19. The average molecular weight is 152 g/mol. The topological polar surface area (TPSA) is 20.2 Å². The molecule has 1 nitrogen and oxygen atoms in total. The standard InChI is InChI=1S/C10H16O/c1-8(2)9-4-6-10(3,11)7-5-9/h4,6,9,11H,1,5,7H2,2-3H3/t9-,10-/m1/s1. The van der Waals surface area contributed by atoms with Crippen LogP contribution in [0.3, 0.4) is 0 Å². The van der Waals surface area contributed by atoms with Crippen molar-refractivity contribution >= 4 is 0 Å². The van der Waals surface area contributed by atoms with E-state index >= 15 is 0 Å². The van der Waals surface area contributed by atoms with E-state index in [0.717, 1.165) is 12.8 Å². The fraction of sp³-hybridized carbons (Fsp3) is 0.600. The molecule has 1 heteroatoms. The van der Waals surface area contributed by atoms with Crippen LogP contribution in [0.2, 0.25) is 0 Å². The molecule has 0 saturated carbocycles. The van der Waals surface area contributed by atoms with Crippen LogP contribution in [0.1, 0.15) is 26.7 Å². The van der Waals surface area contributed by atoms with Crippen LogP contribution < -0.4 is 0 Å². The Morgan fingerprint density at radius 1 is 1.73 bits per heavy atom. The van der Waals surface area contributed by atoms with Crippen LogP contribution in [0.5, 0.6) is 0 Å². The minimum absolute atomic E-state index is 0.482. The van der Waals surface area contributed by atoms with Gasteiger partial charge in [0.05, 0.1) is 5.60 Å². The SMILES string of the molecule is C=C(C)[C@@H]1C=C[C@@](C)(O)CC1. The van der Waals surface area contributed by atoms with Crippen molar-refractivity contribution in [1.29, 1.82) is 0 Å². The van der Waals surface area contributed by atoms with E-state index in [0.29, 0.717) is 5.92 Å². The summed E-state index contributed by atoms with van der Waals surface area (Å²) < 4.78 is 0. The Labute approximate surface area is 68.4 Å². The van der Waals surface area contributed by atoms with Crippen LogP contribution >= 0.6 is 0 Å². The summed E-state index contributed by atoms with van der Waals surface area (Å²) in [4.78, 5) is 0. The molecular formula is C10H16O. The van der Waals surface area contributed by atoms with Gasteiger partial charge in [-0.3, -0.25) is 0 Å². The monoisotopic (exact) mass is 152 g/mol. The van der Waals surface area contributed by atoms with Gasteiger partial charge in [-0.25, -0.2) is 0 Å². The van der Waals surface area contributed by atoms with Crippen LogP contribution in [0.25, 0.3) is 0 Å². The first-order chi connectivity index (χ1) is 5.01. The lowest BCUT2D eigenvalue weighted by Gasteiger charge is -2.27. The molecule has 0 aromatic heterocycles. The Bertz CT molecular complexity index is 189. The molecule has 1 rings (SSSR count). The lowest BCUT2D eigenvalue weighted by atomic mass is 9.84. The summed E-state index contributed by atoms with van der Waals surface area (Å²) in [5.74, 6) is 0.482. The summed E-state index contributed by atoms with van der Waals surface area (Å²) in [7, 11) is 0. The van der Waals surface area contributed by atoms with Crippen LogP contribution in [-0.2, 0) is 0 Å². The van der Waals surface area contributed by atoms with Gasteiger partial charge in [0.15, 0.2) is 0 Å². The van der Waals surface area contributed by atoms with E-state index in [1.165, 1.54) is 5.57 Å². The maximum Gasteiger partial charge on any atom is 0.0800 e. The number of allylic oxidation sites excluding steroid dienone is 2. The maximum atomic E-state index is 9.56. The summed E-state index contributed by atoms with van der Waals surface area (Å²) in [5, 5.41) is 9.56. The van der Waals surface area contributed by atoms with Crippen LogP contribution in [0.4, 0.5) is 0 Å². The minimum atomic E-state index is -0.577. The second-order valence-corrected chi connectivity index (χ2v) is 3.71. The first kappa shape index (κ1) is 8.54. The molecule has 0 aliphatic heterocycles. The first-order valence-corrected chi connectivity index (χ1v) is 4.08. The Morgan fingerprint density at radius 3 is 2.73 bits per heavy atom. The lowest BCUT2D eigenvalue weighted by Crippen LogP contribution is -2.25. The second-order valence-electron chi connectivity index (χ2n) is 3.71. The predicted molar refractivity (Wildman–Crippen MR) is 47.3 cm³/mol. The van der Waals surface area contributed by atoms with Crippen LogP contribution in [-0.4, -0.2) is 10.7 Å². The fourth-order valence-corrected chi connectivity index (χ4v) is 1.36. The van der Waals surface area contributed by atoms with Crippen molar-refractivity contribution in [3.8, 4) is 0 Å². The third kappa shape index (κ3) is 2.19. The summed E-state index contributed by atoms with van der Waals surface area (Å²) in [6, 6.07) is 0. The van der Waals surface area contributed by atoms with Gasteiger partial charge >= 0.3 is 0 Å². The summed E-state index contributed by atoms with van der Waals surface area (Å²) in [5.41, 5.74) is 0.614. The predicted octanol–water partition coefficient (Wildman–Crippen LogP) is 2.28. The van der Waals surface area contributed by atoms with Crippen molar-refractivity contribution < 1.29 is 5.11 Å². The number of aliphatic hydroxyl groups is 1. The second kappa shape index (κ2) is 2.82. The molecule has 2 atom stereocenters. The van der Waals surface area contributed by atoms with Crippen molar-refractivity contribution in [2.24, 2.45) is 5.92 Å². The molecule has 0 spiro atoms. The van der Waals surface area contributed by atoms with Gasteiger partial charge in [0.25, 0.3) is 0 Å². The molecule has 0 amide bonds. The largest absolute Gasteiger partial charge is 0.386 e. The van der Waals surface area contributed by atoms with E-state index in [1.54, 1.807) is 0 Å². The van der Waals surface area contributed by atoms with Gasteiger partial charge in [-0.1, -0.05) is 24.3 Å². The van der Waals surface area contributed by atoms with Crippen molar-refractivity contribution in [3.63, 3.8) is 0 Å². The molecule has 0 unspecified atom stereocenters. The highest BCUT2D eigenvalue weighted by molar-refractivity contribution is 5.14.